The third-order valence-electron chi connectivity index (χ3n) is 4.34. The normalized spacial score (nSPS) is 28.7. The van der Waals surface area contributed by atoms with Crippen molar-refractivity contribution >= 4 is 5.82 Å². The third-order valence-corrected chi connectivity index (χ3v) is 4.34. The largest absolute Gasteiger partial charge is 0.366 e. The summed E-state index contributed by atoms with van der Waals surface area (Å²) in [5.41, 5.74) is 1.76. The van der Waals surface area contributed by atoms with E-state index in [1.54, 1.807) is 0 Å². The molecule has 0 radical (unpaired) electrons. The Balaban J connectivity index is 2.58. The number of nitrogens with zero attached hydrogens (tertiary/aromatic N) is 1. The van der Waals surface area contributed by atoms with E-state index < -0.39 is 0 Å². The smallest absolute Gasteiger partial charge is 0.130 e. The molecule has 2 rings (SSSR count). The van der Waals surface area contributed by atoms with E-state index >= 15 is 0 Å². The fraction of sp³-hybridized carbons (Fsp3) is 0.643. The number of anilines is 1. The van der Waals surface area contributed by atoms with Crippen LogP contribution in [0.3, 0.4) is 0 Å². The molecule has 1 aliphatic heterocycles. The number of hydrogen-bond acceptors (Lipinski definition) is 2. The molecule has 2 nitrogen and oxygen atoms in total. The van der Waals surface area contributed by atoms with Gasteiger partial charge in [0.1, 0.15) is 5.82 Å². The SMILES string of the molecule is CCC1Nc2ncccc2C1(C)C(C)(C)C. The molecule has 1 aromatic heterocycles. The molecule has 0 fully saturated rings. The molecule has 0 saturated heterocycles. The lowest BCUT2D eigenvalue weighted by molar-refractivity contribution is 0.182. The number of nitrogens with one attached hydrogen (secondary N) is 1. The third kappa shape index (κ3) is 1.35. The van der Waals surface area contributed by atoms with Gasteiger partial charge in [0.2, 0.25) is 0 Å². The fourth-order valence-corrected chi connectivity index (χ4v) is 2.87. The Labute approximate surface area is 98.5 Å². The highest BCUT2D eigenvalue weighted by atomic mass is 15.1. The lowest BCUT2D eigenvalue weighted by Crippen LogP contribution is -2.46. The second-order valence-electron chi connectivity index (χ2n) is 5.96. The van der Waals surface area contributed by atoms with E-state index in [2.05, 4.69) is 51.0 Å². The topological polar surface area (TPSA) is 24.9 Å². The molecule has 16 heavy (non-hydrogen) atoms. The van der Waals surface area contributed by atoms with Gasteiger partial charge in [-0.05, 0) is 17.9 Å². The molecule has 0 saturated carbocycles. The van der Waals surface area contributed by atoms with Crippen LogP contribution in [0, 0.1) is 5.41 Å². The van der Waals surface area contributed by atoms with Crippen LogP contribution in [0.25, 0.3) is 0 Å². The van der Waals surface area contributed by atoms with Crippen molar-refractivity contribution in [3.8, 4) is 0 Å². The molecular formula is C14H22N2. The first-order valence-electron chi connectivity index (χ1n) is 6.13. The zero-order valence-corrected chi connectivity index (χ0v) is 11.0. The molecule has 0 aromatic carbocycles. The summed E-state index contributed by atoms with van der Waals surface area (Å²) in [6, 6.07) is 4.75. The molecule has 0 spiro atoms. The highest BCUT2D eigenvalue weighted by Crippen LogP contribution is 2.51. The van der Waals surface area contributed by atoms with Crippen LogP contribution in [0.1, 0.15) is 46.6 Å². The molecule has 2 unspecified atom stereocenters. The van der Waals surface area contributed by atoms with Gasteiger partial charge in [0.15, 0.2) is 0 Å². The van der Waals surface area contributed by atoms with Crippen LogP contribution in [0.15, 0.2) is 18.3 Å². The van der Waals surface area contributed by atoms with Gasteiger partial charge in [-0.3, -0.25) is 0 Å². The Morgan fingerprint density at radius 1 is 1.44 bits per heavy atom. The monoisotopic (exact) mass is 218 g/mol. The highest BCUT2D eigenvalue weighted by Gasteiger charge is 2.50. The second kappa shape index (κ2) is 3.47. The first-order chi connectivity index (χ1) is 7.41. The van der Waals surface area contributed by atoms with Crippen molar-refractivity contribution in [2.75, 3.05) is 5.32 Å². The molecule has 0 bridgehead atoms. The zero-order valence-electron chi connectivity index (χ0n) is 11.0. The average molecular weight is 218 g/mol. The van der Waals surface area contributed by atoms with Gasteiger partial charge in [-0.25, -0.2) is 4.98 Å². The zero-order chi connectivity index (χ0) is 12.0. The first-order valence-corrected chi connectivity index (χ1v) is 6.13. The Bertz CT molecular complexity index is 392. The predicted octanol–water partition coefficient (Wildman–Crippen LogP) is 3.59. The van der Waals surface area contributed by atoms with Gasteiger partial charge in [-0.15, -0.1) is 0 Å². The van der Waals surface area contributed by atoms with E-state index in [9.17, 15) is 0 Å². The van der Waals surface area contributed by atoms with Gasteiger partial charge in [0.05, 0.1) is 0 Å². The summed E-state index contributed by atoms with van der Waals surface area (Å²) in [7, 11) is 0. The predicted molar refractivity (Wildman–Crippen MR) is 68.7 cm³/mol. The summed E-state index contributed by atoms with van der Waals surface area (Å²) in [4.78, 5) is 4.46. The van der Waals surface area contributed by atoms with Crippen molar-refractivity contribution in [1.29, 1.82) is 0 Å². The Morgan fingerprint density at radius 2 is 2.12 bits per heavy atom. The minimum absolute atomic E-state index is 0.158. The van der Waals surface area contributed by atoms with Crippen molar-refractivity contribution in [1.82, 2.24) is 4.98 Å². The lowest BCUT2D eigenvalue weighted by Gasteiger charge is -2.43. The van der Waals surface area contributed by atoms with Crippen LogP contribution in [0.4, 0.5) is 5.82 Å². The molecule has 2 heterocycles. The van der Waals surface area contributed by atoms with Crippen LogP contribution in [-0.4, -0.2) is 11.0 Å². The van der Waals surface area contributed by atoms with Crippen molar-refractivity contribution < 1.29 is 0 Å². The summed E-state index contributed by atoms with van der Waals surface area (Å²) in [6.07, 6.45) is 3.00. The summed E-state index contributed by atoms with van der Waals surface area (Å²) in [5, 5.41) is 3.57. The first kappa shape index (κ1) is 11.4. The molecular weight excluding hydrogens is 196 g/mol. The number of rotatable bonds is 1. The summed E-state index contributed by atoms with van der Waals surface area (Å²) in [6.45, 7) is 11.6. The van der Waals surface area contributed by atoms with E-state index in [-0.39, 0.29) is 10.8 Å². The van der Waals surface area contributed by atoms with Crippen LogP contribution >= 0.6 is 0 Å². The van der Waals surface area contributed by atoms with E-state index in [4.69, 9.17) is 0 Å². The molecule has 2 atom stereocenters. The molecule has 0 aliphatic carbocycles. The van der Waals surface area contributed by atoms with Crippen LogP contribution < -0.4 is 5.32 Å². The van der Waals surface area contributed by atoms with Crippen LogP contribution in [-0.2, 0) is 5.41 Å². The summed E-state index contributed by atoms with van der Waals surface area (Å²) in [5.74, 6) is 1.08. The second-order valence-corrected chi connectivity index (χ2v) is 5.96. The maximum absolute atomic E-state index is 4.46. The van der Waals surface area contributed by atoms with Crippen LogP contribution in [0.2, 0.25) is 0 Å². The molecule has 2 heteroatoms. The summed E-state index contributed by atoms with van der Waals surface area (Å²) >= 11 is 0. The molecule has 1 N–H and O–H groups in total. The fourth-order valence-electron chi connectivity index (χ4n) is 2.87. The molecule has 0 amide bonds. The highest BCUT2D eigenvalue weighted by molar-refractivity contribution is 5.57. The van der Waals surface area contributed by atoms with Crippen molar-refractivity contribution in [2.45, 2.75) is 52.5 Å². The van der Waals surface area contributed by atoms with Gasteiger partial charge < -0.3 is 5.32 Å². The maximum atomic E-state index is 4.46. The van der Waals surface area contributed by atoms with Gasteiger partial charge in [0.25, 0.3) is 0 Å². The molecule has 1 aromatic rings. The van der Waals surface area contributed by atoms with E-state index in [1.165, 1.54) is 5.56 Å². The molecule has 88 valence electrons. The van der Waals surface area contributed by atoms with Crippen molar-refractivity contribution in [3.63, 3.8) is 0 Å². The minimum atomic E-state index is 0.158. The minimum Gasteiger partial charge on any atom is -0.366 e. The summed E-state index contributed by atoms with van der Waals surface area (Å²) < 4.78 is 0. The van der Waals surface area contributed by atoms with E-state index in [0.717, 1.165) is 12.2 Å². The maximum Gasteiger partial charge on any atom is 0.130 e. The lowest BCUT2D eigenvalue weighted by atomic mass is 9.61. The number of hydrogen-bond donors (Lipinski definition) is 1. The van der Waals surface area contributed by atoms with Gasteiger partial charge >= 0.3 is 0 Å². The number of fused-ring (bicyclic) bond motifs is 1. The molecule has 1 aliphatic rings. The Kier molecular flexibility index (Phi) is 2.48. The van der Waals surface area contributed by atoms with Gasteiger partial charge in [-0.1, -0.05) is 40.7 Å². The average Bonchev–Trinajstić information content (AvgIpc) is 2.53. The number of pyridine rings is 1. The van der Waals surface area contributed by atoms with Gasteiger partial charge in [-0.2, -0.15) is 0 Å². The van der Waals surface area contributed by atoms with Crippen molar-refractivity contribution in [2.24, 2.45) is 5.41 Å². The van der Waals surface area contributed by atoms with Gasteiger partial charge in [0, 0.05) is 23.2 Å². The van der Waals surface area contributed by atoms with E-state index in [0.29, 0.717) is 6.04 Å². The standard InChI is InChI=1S/C14H22N2/c1-6-11-14(5,13(2,3)4)10-8-7-9-15-12(10)16-11/h7-9,11H,6H2,1-5H3,(H,15,16). The Hall–Kier alpha value is -1.05. The Morgan fingerprint density at radius 3 is 2.69 bits per heavy atom. The van der Waals surface area contributed by atoms with Crippen LogP contribution in [0.5, 0.6) is 0 Å². The number of aromatic nitrogens is 1. The van der Waals surface area contributed by atoms with E-state index in [1.807, 2.05) is 12.3 Å². The van der Waals surface area contributed by atoms with Crippen molar-refractivity contribution in [3.05, 3.63) is 23.9 Å². The quantitative estimate of drug-likeness (QED) is 0.779.